The molecular formula is C18H24N2O. The summed E-state index contributed by atoms with van der Waals surface area (Å²) < 4.78 is 5.24. The quantitative estimate of drug-likeness (QED) is 0.885. The zero-order chi connectivity index (χ0) is 15.0. The van der Waals surface area contributed by atoms with Crippen LogP contribution in [0.25, 0.3) is 11.3 Å². The van der Waals surface area contributed by atoms with Crippen molar-refractivity contribution in [1.29, 1.82) is 0 Å². The highest BCUT2D eigenvalue weighted by atomic mass is 16.5. The Kier molecular flexibility index (Phi) is 3.75. The number of methoxy groups -OCH3 is 1. The van der Waals surface area contributed by atoms with Gasteiger partial charge in [-0.05, 0) is 48.9 Å². The minimum Gasteiger partial charge on any atom is -0.497 e. The van der Waals surface area contributed by atoms with Crippen molar-refractivity contribution >= 4 is 0 Å². The van der Waals surface area contributed by atoms with Gasteiger partial charge < -0.3 is 4.74 Å². The van der Waals surface area contributed by atoms with Gasteiger partial charge in [-0.15, -0.1) is 0 Å². The molecule has 2 atom stereocenters. The highest BCUT2D eigenvalue weighted by Gasteiger charge is 2.31. The average molecular weight is 284 g/mol. The molecule has 1 aromatic heterocycles. The van der Waals surface area contributed by atoms with E-state index in [1.807, 2.05) is 12.1 Å². The van der Waals surface area contributed by atoms with Crippen LogP contribution in [0.1, 0.15) is 56.7 Å². The van der Waals surface area contributed by atoms with Gasteiger partial charge in [-0.3, -0.25) is 5.10 Å². The van der Waals surface area contributed by atoms with Crippen LogP contribution in [0.2, 0.25) is 0 Å². The summed E-state index contributed by atoms with van der Waals surface area (Å²) >= 11 is 0. The van der Waals surface area contributed by atoms with Gasteiger partial charge in [0.15, 0.2) is 0 Å². The Hall–Kier alpha value is -1.77. The fourth-order valence-electron chi connectivity index (χ4n) is 3.50. The molecule has 0 radical (unpaired) electrons. The van der Waals surface area contributed by atoms with Gasteiger partial charge in [-0.2, -0.15) is 5.10 Å². The molecule has 0 saturated heterocycles. The molecule has 0 unspecified atom stereocenters. The molecule has 21 heavy (non-hydrogen) atoms. The van der Waals surface area contributed by atoms with Crippen LogP contribution in [0, 0.1) is 5.92 Å². The first-order valence-corrected chi connectivity index (χ1v) is 7.84. The summed E-state index contributed by atoms with van der Waals surface area (Å²) in [6, 6.07) is 8.20. The normalized spacial score (nSPS) is 21.4. The molecule has 3 heteroatoms. The average Bonchev–Trinajstić information content (AvgIpc) is 2.93. The number of rotatable bonds is 3. The summed E-state index contributed by atoms with van der Waals surface area (Å²) in [5.41, 5.74) is 5.06. The molecule has 1 aliphatic carbocycles. The smallest absolute Gasteiger partial charge is 0.118 e. The highest BCUT2D eigenvalue weighted by molar-refractivity contribution is 5.66. The molecule has 0 fully saturated rings. The number of hydrogen-bond acceptors (Lipinski definition) is 2. The molecule has 3 rings (SSSR count). The largest absolute Gasteiger partial charge is 0.497 e. The van der Waals surface area contributed by atoms with Crippen LogP contribution in [0.15, 0.2) is 24.3 Å². The summed E-state index contributed by atoms with van der Waals surface area (Å²) in [6.07, 6.45) is 2.51. The van der Waals surface area contributed by atoms with E-state index in [4.69, 9.17) is 4.74 Å². The zero-order valence-electron chi connectivity index (χ0n) is 13.3. The number of nitrogens with one attached hydrogen (secondary N) is 1. The van der Waals surface area contributed by atoms with Crippen LogP contribution in [0.4, 0.5) is 0 Å². The predicted octanol–water partition coefficient (Wildman–Crippen LogP) is 4.72. The first-order valence-electron chi connectivity index (χ1n) is 7.84. The number of H-pyrrole nitrogens is 1. The number of ether oxygens (including phenoxy) is 1. The molecule has 0 saturated carbocycles. The molecule has 1 heterocycles. The van der Waals surface area contributed by atoms with E-state index in [1.165, 1.54) is 29.7 Å². The van der Waals surface area contributed by atoms with Crippen molar-refractivity contribution in [3.05, 3.63) is 35.5 Å². The molecular weight excluding hydrogens is 260 g/mol. The molecule has 1 aliphatic rings. The fraction of sp³-hybridized carbons (Fsp3) is 0.500. The Labute approximate surface area is 126 Å². The minimum atomic E-state index is 0.575. The Morgan fingerprint density at radius 1 is 1.19 bits per heavy atom. The van der Waals surface area contributed by atoms with Crippen molar-refractivity contribution in [2.45, 2.75) is 45.4 Å². The van der Waals surface area contributed by atoms with Crippen molar-refractivity contribution in [2.75, 3.05) is 7.11 Å². The second kappa shape index (κ2) is 5.55. The van der Waals surface area contributed by atoms with Crippen LogP contribution in [0.3, 0.4) is 0 Å². The van der Waals surface area contributed by atoms with E-state index in [1.54, 1.807) is 7.11 Å². The van der Waals surface area contributed by atoms with Gasteiger partial charge in [0.2, 0.25) is 0 Å². The molecule has 1 aromatic carbocycles. The standard InChI is InChI=1S/C18H24N2O/c1-11(2)15-10-5-12(3)16-17(19-20-18(15)16)13-6-8-14(21-4)9-7-13/h6-9,11-12,15H,5,10H2,1-4H3,(H,19,20)/t12-,15-/m0/s1. The molecule has 0 bridgehead atoms. The molecule has 0 spiro atoms. The van der Waals surface area contributed by atoms with E-state index in [0.29, 0.717) is 17.8 Å². The fourth-order valence-corrected chi connectivity index (χ4v) is 3.50. The Morgan fingerprint density at radius 2 is 1.90 bits per heavy atom. The molecule has 3 nitrogen and oxygen atoms in total. The SMILES string of the molecule is COc1ccc(-c2n[nH]c3c2[C@@H](C)CC[C@H]3C(C)C)cc1. The summed E-state index contributed by atoms with van der Waals surface area (Å²) in [4.78, 5) is 0. The Morgan fingerprint density at radius 3 is 2.52 bits per heavy atom. The number of benzene rings is 1. The van der Waals surface area contributed by atoms with Crippen LogP contribution >= 0.6 is 0 Å². The van der Waals surface area contributed by atoms with Gasteiger partial charge in [0.25, 0.3) is 0 Å². The zero-order valence-corrected chi connectivity index (χ0v) is 13.3. The third-order valence-corrected chi connectivity index (χ3v) is 4.78. The lowest BCUT2D eigenvalue weighted by Crippen LogP contribution is -2.16. The molecule has 0 amide bonds. The second-order valence-electron chi connectivity index (χ2n) is 6.46. The summed E-state index contributed by atoms with van der Waals surface area (Å²) in [7, 11) is 1.70. The Balaban J connectivity index is 2.04. The third-order valence-electron chi connectivity index (χ3n) is 4.78. The van der Waals surface area contributed by atoms with Crippen molar-refractivity contribution in [3.63, 3.8) is 0 Å². The van der Waals surface area contributed by atoms with E-state index < -0.39 is 0 Å². The van der Waals surface area contributed by atoms with Gasteiger partial charge in [0.1, 0.15) is 5.75 Å². The van der Waals surface area contributed by atoms with Crippen molar-refractivity contribution in [1.82, 2.24) is 10.2 Å². The number of hydrogen-bond donors (Lipinski definition) is 1. The van der Waals surface area contributed by atoms with E-state index in [-0.39, 0.29) is 0 Å². The number of nitrogens with zero attached hydrogens (tertiary/aromatic N) is 1. The molecule has 0 aliphatic heterocycles. The number of aromatic amines is 1. The van der Waals surface area contributed by atoms with Gasteiger partial charge in [-0.1, -0.05) is 20.8 Å². The van der Waals surface area contributed by atoms with Crippen LogP contribution in [-0.4, -0.2) is 17.3 Å². The second-order valence-corrected chi connectivity index (χ2v) is 6.46. The number of fused-ring (bicyclic) bond motifs is 1. The topological polar surface area (TPSA) is 37.9 Å². The maximum atomic E-state index is 5.24. The summed E-state index contributed by atoms with van der Waals surface area (Å²) in [6.45, 7) is 6.93. The van der Waals surface area contributed by atoms with Gasteiger partial charge in [-0.25, -0.2) is 0 Å². The van der Waals surface area contributed by atoms with Crippen molar-refractivity contribution in [2.24, 2.45) is 5.92 Å². The van der Waals surface area contributed by atoms with Crippen LogP contribution in [-0.2, 0) is 0 Å². The Bertz CT molecular complexity index is 613. The van der Waals surface area contributed by atoms with Gasteiger partial charge >= 0.3 is 0 Å². The highest BCUT2D eigenvalue weighted by Crippen LogP contribution is 2.44. The first kappa shape index (κ1) is 14.2. The monoisotopic (exact) mass is 284 g/mol. The summed E-state index contributed by atoms with van der Waals surface area (Å²) in [5, 5.41) is 7.97. The van der Waals surface area contributed by atoms with E-state index in [2.05, 4.69) is 43.1 Å². The van der Waals surface area contributed by atoms with E-state index in [9.17, 15) is 0 Å². The first-order chi connectivity index (χ1) is 10.1. The van der Waals surface area contributed by atoms with Crippen LogP contribution in [0.5, 0.6) is 5.75 Å². The van der Waals surface area contributed by atoms with E-state index in [0.717, 1.165) is 11.4 Å². The molecule has 112 valence electrons. The lowest BCUT2D eigenvalue weighted by molar-refractivity contribution is 0.403. The van der Waals surface area contributed by atoms with Crippen LogP contribution < -0.4 is 4.74 Å². The lowest BCUT2D eigenvalue weighted by Gasteiger charge is -2.29. The molecule has 2 aromatic rings. The van der Waals surface area contributed by atoms with Gasteiger partial charge in [0, 0.05) is 22.7 Å². The van der Waals surface area contributed by atoms with E-state index >= 15 is 0 Å². The minimum absolute atomic E-state index is 0.575. The third kappa shape index (κ3) is 2.45. The summed E-state index contributed by atoms with van der Waals surface area (Å²) in [5.74, 6) is 2.72. The number of aromatic nitrogens is 2. The molecule has 1 N–H and O–H groups in total. The lowest BCUT2D eigenvalue weighted by atomic mass is 9.75. The maximum absolute atomic E-state index is 5.24. The predicted molar refractivity (Wildman–Crippen MR) is 85.8 cm³/mol. The maximum Gasteiger partial charge on any atom is 0.118 e. The van der Waals surface area contributed by atoms with Crippen molar-refractivity contribution in [3.8, 4) is 17.0 Å². The van der Waals surface area contributed by atoms with Crippen molar-refractivity contribution < 1.29 is 4.74 Å². The van der Waals surface area contributed by atoms with Gasteiger partial charge in [0.05, 0.1) is 12.8 Å².